The lowest BCUT2D eigenvalue weighted by Gasteiger charge is -2.18. The number of carbonyl (C=O) groups excluding carboxylic acids is 2. The van der Waals surface area contributed by atoms with E-state index in [1.807, 2.05) is 6.08 Å². The second-order valence-corrected chi connectivity index (χ2v) is 7.42. The molecule has 2 fully saturated rings. The monoisotopic (exact) mass is 344 g/mol. The zero-order chi connectivity index (χ0) is 17.1. The van der Waals surface area contributed by atoms with Crippen LogP contribution in [-0.4, -0.2) is 35.7 Å². The Morgan fingerprint density at radius 2 is 1.96 bits per heavy atom. The highest BCUT2D eigenvalue weighted by molar-refractivity contribution is 8.18. The van der Waals surface area contributed by atoms with E-state index in [-0.39, 0.29) is 11.1 Å². The first-order chi connectivity index (χ1) is 11.6. The van der Waals surface area contributed by atoms with Crippen molar-refractivity contribution < 1.29 is 9.59 Å². The largest absolute Gasteiger partial charge is 0.372 e. The highest BCUT2D eigenvalue weighted by Gasteiger charge is 2.34. The van der Waals surface area contributed by atoms with Crippen LogP contribution in [0.3, 0.4) is 0 Å². The van der Waals surface area contributed by atoms with Gasteiger partial charge in [-0.3, -0.25) is 14.5 Å². The Hall–Kier alpha value is -1.75. The molecule has 2 aliphatic heterocycles. The maximum Gasteiger partial charge on any atom is 0.293 e. The first kappa shape index (κ1) is 17.1. The third-order valence-corrected chi connectivity index (χ3v) is 5.53. The van der Waals surface area contributed by atoms with Gasteiger partial charge in [0.2, 0.25) is 0 Å². The van der Waals surface area contributed by atoms with Gasteiger partial charge in [-0.25, -0.2) is 0 Å². The van der Waals surface area contributed by atoms with Gasteiger partial charge >= 0.3 is 0 Å². The third-order valence-electron chi connectivity index (χ3n) is 4.62. The molecule has 0 aliphatic carbocycles. The number of hydrogen-bond donors (Lipinski definition) is 0. The molecule has 2 saturated heterocycles. The van der Waals surface area contributed by atoms with E-state index in [2.05, 4.69) is 36.9 Å². The molecule has 0 radical (unpaired) electrons. The number of rotatable bonds is 5. The summed E-state index contributed by atoms with van der Waals surface area (Å²) in [7, 11) is 0. The SMILES string of the molecule is CCCCN1C(=O)S/C(=C\c2ccc(N3CCCC3)cc2C)C1=O. The molecular weight excluding hydrogens is 320 g/mol. The maximum absolute atomic E-state index is 12.4. The van der Waals surface area contributed by atoms with Crippen molar-refractivity contribution in [2.75, 3.05) is 24.5 Å². The van der Waals surface area contributed by atoms with E-state index in [0.717, 1.165) is 48.8 Å². The number of thioether (sulfide) groups is 1. The van der Waals surface area contributed by atoms with Crippen LogP contribution in [-0.2, 0) is 4.79 Å². The topological polar surface area (TPSA) is 40.6 Å². The number of nitrogens with zero attached hydrogens (tertiary/aromatic N) is 2. The van der Waals surface area contributed by atoms with Crippen LogP contribution < -0.4 is 4.90 Å². The number of unbranched alkanes of at least 4 members (excludes halogenated alkanes) is 1. The first-order valence-electron chi connectivity index (χ1n) is 8.71. The molecular formula is C19H24N2O2S. The molecule has 0 aromatic heterocycles. The van der Waals surface area contributed by atoms with Crippen LogP contribution in [0.15, 0.2) is 23.1 Å². The van der Waals surface area contributed by atoms with Crippen molar-refractivity contribution in [3.63, 3.8) is 0 Å². The number of amides is 2. The molecule has 1 aromatic carbocycles. The molecule has 24 heavy (non-hydrogen) atoms. The first-order valence-corrected chi connectivity index (χ1v) is 9.52. The predicted molar refractivity (Wildman–Crippen MR) is 100 cm³/mol. The minimum absolute atomic E-state index is 0.147. The van der Waals surface area contributed by atoms with Crippen LogP contribution >= 0.6 is 11.8 Å². The lowest BCUT2D eigenvalue weighted by atomic mass is 10.1. The summed E-state index contributed by atoms with van der Waals surface area (Å²) in [4.78, 5) is 28.7. The van der Waals surface area contributed by atoms with Crippen molar-refractivity contribution in [3.05, 3.63) is 34.2 Å². The minimum Gasteiger partial charge on any atom is -0.372 e. The molecule has 5 heteroatoms. The molecule has 0 saturated carbocycles. The Morgan fingerprint density at radius 3 is 2.62 bits per heavy atom. The number of aryl methyl sites for hydroxylation is 1. The number of imide groups is 1. The molecule has 2 amide bonds. The summed E-state index contributed by atoms with van der Waals surface area (Å²) in [5.41, 5.74) is 3.40. The zero-order valence-electron chi connectivity index (χ0n) is 14.4. The van der Waals surface area contributed by atoms with Crippen LogP contribution in [0.2, 0.25) is 0 Å². The molecule has 4 nitrogen and oxygen atoms in total. The Balaban J connectivity index is 1.78. The highest BCUT2D eigenvalue weighted by Crippen LogP contribution is 2.33. The van der Waals surface area contributed by atoms with Crippen LogP contribution in [0.4, 0.5) is 10.5 Å². The van der Waals surface area contributed by atoms with Gasteiger partial charge in [-0.15, -0.1) is 0 Å². The zero-order valence-corrected chi connectivity index (χ0v) is 15.2. The van der Waals surface area contributed by atoms with Gasteiger partial charge in [0.05, 0.1) is 4.91 Å². The summed E-state index contributed by atoms with van der Waals surface area (Å²) >= 11 is 1.05. The summed E-state index contributed by atoms with van der Waals surface area (Å²) in [5.74, 6) is -0.151. The van der Waals surface area contributed by atoms with Crippen LogP contribution in [0.5, 0.6) is 0 Å². The molecule has 3 rings (SSSR count). The van der Waals surface area contributed by atoms with Crippen molar-refractivity contribution in [3.8, 4) is 0 Å². The van der Waals surface area contributed by atoms with Gasteiger partial charge in [0.1, 0.15) is 0 Å². The van der Waals surface area contributed by atoms with Crippen molar-refractivity contribution in [1.82, 2.24) is 4.90 Å². The molecule has 0 spiro atoms. The minimum atomic E-state index is -0.151. The lowest BCUT2D eigenvalue weighted by molar-refractivity contribution is -0.122. The van der Waals surface area contributed by atoms with Crippen molar-refractivity contribution in [2.45, 2.75) is 39.5 Å². The summed E-state index contributed by atoms with van der Waals surface area (Å²) < 4.78 is 0. The van der Waals surface area contributed by atoms with Gasteiger partial charge in [-0.2, -0.15) is 0 Å². The fourth-order valence-corrected chi connectivity index (χ4v) is 4.00. The molecule has 2 aliphatic rings. The smallest absolute Gasteiger partial charge is 0.293 e. The Kier molecular flexibility index (Phi) is 5.29. The van der Waals surface area contributed by atoms with Gasteiger partial charge in [0.25, 0.3) is 11.1 Å². The Labute approximate surface area is 147 Å². The quantitative estimate of drug-likeness (QED) is 0.741. The van der Waals surface area contributed by atoms with Gasteiger partial charge in [0.15, 0.2) is 0 Å². The highest BCUT2D eigenvalue weighted by atomic mass is 32.2. The maximum atomic E-state index is 12.4. The summed E-state index contributed by atoms with van der Waals surface area (Å²) in [6.45, 7) is 6.88. The van der Waals surface area contributed by atoms with Gasteiger partial charge in [0, 0.05) is 25.3 Å². The van der Waals surface area contributed by atoms with Gasteiger partial charge in [-0.1, -0.05) is 19.4 Å². The number of anilines is 1. The third kappa shape index (κ3) is 3.51. The van der Waals surface area contributed by atoms with Gasteiger partial charge < -0.3 is 4.90 Å². The fraction of sp³-hybridized carbons (Fsp3) is 0.474. The summed E-state index contributed by atoms with van der Waals surface area (Å²) in [6.07, 6.45) is 6.20. The van der Waals surface area contributed by atoms with Crippen LogP contribution in [0.25, 0.3) is 6.08 Å². The summed E-state index contributed by atoms with van der Waals surface area (Å²) in [6, 6.07) is 6.35. The average molecular weight is 344 g/mol. The van der Waals surface area contributed by atoms with Crippen LogP contribution in [0.1, 0.15) is 43.7 Å². The second-order valence-electron chi connectivity index (χ2n) is 6.42. The molecule has 2 heterocycles. The number of hydrogen-bond acceptors (Lipinski definition) is 4. The lowest BCUT2D eigenvalue weighted by Crippen LogP contribution is -2.29. The van der Waals surface area contributed by atoms with E-state index in [4.69, 9.17) is 0 Å². The standard InChI is InChI=1S/C19H24N2O2S/c1-3-4-11-21-18(22)17(24-19(21)23)13-15-7-8-16(12-14(15)2)20-9-5-6-10-20/h7-8,12-13H,3-6,9-11H2,1-2H3/b17-13-. The van der Waals surface area contributed by atoms with Crippen LogP contribution in [0, 0.1) is 6.92 Å². The Morgan fingerprint density at radius 1 is 1.21 bits per heavy atom. The van der Waals surface area contributed by atoms with E-state index in [1.165, 1.54) is 23.4 Å². The molecule has 0 N–H and O–H groups in total. The van der Waals surface area contributed by atoms with Crippen molar-refractivity contribution in [2.24, 2.45) is 0 Å². The van der Waals surface area contributed by atoms with Gasteiger partial charge in [-0.05, 0) is 67.3 Å². The molecule has 0 atom stereocenters. The van der Waals surface area contributed by atoms with E-state index in [1.54, 1.807) is 0 Å². The Bertz CT molecular complexity index is 678. The number of benzene rings is 1. The van der Waals surface area contributed by atoms with E-state index in [9.17, 15) is 9.59 Å². The van der Waals surface area contributed by atoms with E-state index >= 15 is 0 Å². The molecule has 0 bridgehead atoms. The van der Waals surface area contributed by atoms with E-state index < -0.39 is 0 Å². The predicted octanol–water partition coefficient (Wildman–Crippen LogP) is 4.43. The second kappa shape index (κ2) is 7.43. The number of carbonyl (C=O) groups is 2. The molecule has 1 aromatic rings. The average Bonchev–Trinajstić information content (AvgIpc) is 3.18. The molecule has 128 valence electrons. The normalized spacial score (nSPS) is 19.8. The molecule has 0 unspecified atom stereocenters. The van der Waals surface area contributed by atoms with Crippen molar-refractivity contribution in [1.29, 1.82) is 0 Å². The van der Waals surface area contributed by atoms with Crippen molar-refractivity contribution >= 4 is 34.7 Å². The fourth-order valence-electron chi connectivity index (χ4n) is 3.14. The summed E-state index contributed by atoms with van der Waals surface area (Å²) in [5, 5.41) is -0.147. The van der Waals surface area contributed by atoms with E-state index in [0.29, 0.717) is 11.4 Å².